The number of hydrogen-bond donors (Lipinski definition) is 0. The second-order valence-corrected chi connectivity index (χ2v) is 5.50. The van der Waals surface area contributed by atoms with E-state index in [-0.39, 0.29) is 5.56 Å². The van der Waals surface area contributed by atoms with Crippen LogP contribution in [0.3, 0.4) is 0 Å². The standard InChI is InChI=1S/C16H22FN3/c1-3-13(2)20-8-6-19(7-9-20)12-14-4-5-16(17)15(10-14)11-18/h4-5,10,13H,3,6-9,12H2,1-2H3. The maximum Gasteiger partial charge on any atom is 0.140 e. The van der Waals surface area contributed by atoms with Gasteiger partial charge in [-0.1, -0.05) is 13.0 Å². The van der Waals surface area contributed by atoms with Crippen LogP contribution in [0, 0.1) is 17.1 Å². The summed E-state index contributed by atoms with van der Waals surface area (Å²) in [5, 5.41) is 8.86. The van der Waals surface area contributed by atoms with Crippen molar-refractivity contribution in [2.24, 2.45) is 0 Å². The smallest absolute Gasteiger partial charge is 0.140 e. The van der Waals surface area contributed by atoms with Crippen LogP contribution in [0.1, 0.15) is 31.4 Å². The van der Waals surface area contributed by atoms with Gasteiger partial charge in [0.05, 0.1) is 5.56 Å². The molecule has 1 aliphatic rings. The van der Waals surface area contributed by atoms with E-state index in [1.54, 1.807) is 12.1 Å². The first-order valence-electron chi connectivity index (χ1n) is 7.29. The van der Waals surface area contributed by atoms with Crippen LogP contribution < -0.4 is 0 Å². The van der Waals surface area contributed by atoms with Crippen molar-refractivity contribution in [3.8, 4) is 6.07 Å². The lowest BCUT2D eigenvalue weighted by Gasteiger charge is -2.37. The lowest BCUT2D eigenvalue weighted by atomic mass is 10.1. The molecule has 0 amide bonds. The third-order valence-corrected chi connectivity index (χ3v) is 4.18. The van der Waals surface area contributed by atoms with Gasteiger partial charge in [0, 0.05) is 38.8 Å². The molecular formula is C16H22FN3. The van der Waals surface area contributed by atoms with Crippen LogP contribution in [0.15, 0.2) is 18.2 Å². The number of nitrogens with zero attached hydrogens (tertiary/aromatic N) is 3. The molecule has 4 heteroatoms. The van der Waals surface area contributed by atoms with Crippen molar-refractivity contribution < 1.29 is 4.39 Å². The van der Waals surface area contributed by atoms with E-state index in [1.165, 1.54) is 12.5 Å². The average molecular weight is 275 g/mol. The van der Waals surface area contributed by atoms with Gasteiger partial charge in [0.2, 0.25) is 0 Å². The Morgan fingerprint density at radius 2 is 2.00 bits per heavy atom. The van der Waals surface area contributed by atoms with Crippen LogP contribution in [-0.2, 0) is 6.54 Å². The molecule has 0 radical (unpaired) electrons. The molecule has 0 spiro atoms. The highest BCUT2D eigenvalue weighted by atomic mass is 19.1. The summed E-state index contributed by atoms with van der Waals surface area (Å²) in [4.78, 5) is 4.88. The Hall–Kier alpha value is -1.44. The Morgan fingerprint density at radius 1 is 1.30 bits per heavy atom. The number of piperazine rings is 1. The first-order chi connectivity index (χ1) is 9.63. The fourth-order valence-electron chi connectivity index (χ4n) is 2.64. The molecule has 1 aromatic carbocycles. The minimum atomic E-state index is -0.433. The average Bonchev–Trinajstić information content (AvgIpc) is 2.49. The van der Waals surface area contributed by atoms with Crippen LogP contribution in [0.2, 0.25) is 0 Å². The molecular weight excluding hydrogens is 253 g/mol. The van der Waals surface area contributed by atoms with E-state index in [9.17, 15) is 4.39 Å². The molecule has 0 aromatic heterocycles. The van der Waals surface area contributed by atoms with Crippen LogP contribution in [0.5, 0.6) is 0 Å². The summed E-state index contributed by atoms with van der Waals surface area (Å²) in [6.07, 6.45) is 1.18. The molecule has 0 N–H and O–H groups in total. The third-order valence-electron chi connectivity index (χ3n) is 4.18. The number of benzene rings is 1. The lowest BCUT2D eigenvalue weighted by Crippen LogP contribution is -2.48. The molecule has 0 aliphatic carbocycles. The molecule has 1 fully saturated rings. The molecule has 3 nitrogen and oxygen atoms in total. The van der Waals surface area contributed by atoms with Gasteiger partial charge in [-0.3, -0.25) is 9.80 Å². The fraction of sp³-hybridized carbons (Fsp3) is 0.562. The van der Waals surface area contributed by atoms with Crippen molar-refractivity contribution >= 4 is 0 Å². The van der Waals surface area contributed by atoms with Gasteiger partial charge in [0.25, 0.3) is 0 Å². The number of nitriles is 1. The second-order valence-electron chi connectivity index (χ2n) is 5.50. The summed E-state index contributed by atoms with van der Waals surface area (Å²) in [5.41, 5.74) is 1.15. The van der Waals surface area contributed by atoms with E-state index in [2.05, 4.69) is 23.6 Å². The second kappa shape index (κ2) is 6.83. The van der Waals surface area contributed by atoms with Crippen molar-refractivity contribution in [2.45, 2.75) is 32.9 Å². The summed E-state index contributed by atoms with van der Waals surface area (Å²) in [5.74, 6) is -0.433. The predicted octanol–water partition coefficient (Wildman–Crippen LogP) is 2.61. The minimum Gasteiger partial charge on any atom is -0.298 e. The van der Waals surface area contributed by atoms with Crippen molar-refractivity contribution in [2.75, 3.05) is 26.2 Å². The highest BCUT2D eigenvalue weighted by molar-refractivity contribution is 5.34. The Kier molecular flexibility index (Phi) is 5.11. The predicted molar refractivity (Wildman–Crippen MR) is 77.7 cm³/mol. The van der Waals surface area contributed by atoms with Gasteiger partial charge in [-0.15, -0.1) is 0 Å². The molecule has 1 aromatic rings. The normalized spacial score (nSPS) is 18.7. The number of halogens is 1. The molecule has 2 rings (SSSR count). The van der Waals surface area contributed by atoms with Gasteiger partial charge in [0.15, 0.2) is 0 Å². The zero-order chi connectivity index (χ0) is 14.5. The fourth-order valence-corrected chi connectivity index (χ4v) is 2.64. The van der Waals surface area contributed by atoms with E-state index in [0.29, 0.717) is 6.04 Å². The van der Waals surface area contributed by atoms with Crippen molar-refractivity contribution in [3.05, 3.63) is 35.1 Å². The van der Waals surface area contributed by atoms with E-state index in [4.69, 9.17) is 5.26 Å². The molecule has 20 heavy (non-hydrogen) atoms. The molecule has 0 bridgehead atoms. The van der Waals surface area contributed by atoms with Crippen LogP contribution in [-0.4, -0.2) is 42.0 Å². The van der Waals surface area contributed by atoms with Gasteiger partial charge >= 0.3 is 0 Å². The molecule has 1 unspecified atom stereocenters. The Balaban J connectivity index is 1.91. The van der Waals surface area contributed by atoms with E-state index in [1.807, 2.05) is 6.07 Å². The van der Waals surface area contributed by atoms with Crippen LogP contribution in [0.25, 0.3) is 0 Å². The van der Waals surface area contributed by atoms with E-state index < -0.39 is 5.82 Å². The van der Waals surface area contributed by atoms with E-state index >= 15 is 0 Å². The van der Waals surface area contributed by atoms with Crippen molar-refractivity contribution in [1.29, 1.82) is 5.26 Å². The first-order valence-corrected chi connectivity index (χ1v) is 7.29. The van der Waals surface area contributed by atoms with Gasteiger partial charge in [-0.2, -0.15) is 5.26 Å². The summed E-state index contributed by atoms with van der Waals surface area (Å²) in [6, 6.07) is 7.38. The van der Waals surface area contributed by atoms with Gasteiger partial charge in [-0.05, 0) is 31.0 Å². The molecule has 1 saturated heterocycles. The number of hydrogen-bond acceptors (Lipinski definition) is 3. The summed E-state index contributed by atoms with van der Waals surface area (Å²) < 4.78 is 13.3. The Labute approximate surface area is 120 Å². The molecule has 108 valence electrons. The van der Waals surface area contributed by atoms with Crippen molar-refractivity contribution in [1.82, 2.24) is 9.80 Å². The lowest BCUT2D eigenvalue weighted by molar-refractivity contribution is 0.0963. The quantitative estimate of drug-likeness (QED) is 0.846. The van der Waals surface area contributed by atoms with Crippen molar-refractivity contribution in [3.63, 3.8) is 0 Å². The maximum atomic E-state index is 13.3. The number of rotatable bonds is 4. The first kappa shape index (κ1) is 15.0. The third kappa shape index (κ3) is 3.56. The molecule has 1 heterocycles. The van der Waals surface area contributed by atoms with Crippen LogP contribution in [0.4, 0.5) is 4.39 Å². The highest BCUT2D eigenvalue weighted by Gasteiger charge is 2.20. The molecule has 1 atom stereocenters. The zero-order valence-electron chi connectivity index (χ0n) is 12.3. The van der Waals surface area contributed by atoms with E-state index in [0.717, 1.165) is 38.3 Å². The largest absolute Gasteiger partial charge is 0.298 e. The Morgan fingerprint density at radius 3 is 2.60 bits per heavy atom. The summed E-state index contributed by atoms with van der Waals surface area (Å²) in [6.45, 7) is 9.52. The zero-order valence-corrected chi connectivity index (χ0v) is 12.3. The van der Waals surface area contributed by atoms with Gasteiger partial charge in [-0.25, -0.2) is 4.39 Å². The highest BCUT2D eigenvalue weighted by Crippen LogP contribution is 2.14. The maximum absolute atomic E-state index is 13.3. The van der Waals surface area contributed by atoms with Gasteiger partial charge in [0.1, 0.15) is 11.9 Å². The molecule has 1 aliphatic heterocycles. The summed E-state index contributed by atoms with van der Waals surface area (Å²) in [7, 11) is 0. The monoisotopic (exact) mass is 275 g/mol. The topological polar surface area (TPSA) is 30.3 Å². The van der Waals surface area contributed by atoms with Crippen LogP contribution >= 0.6 is 0 Å². The summed E-state index contributed by atoms with van der Waals surface area (Å²) >= 11 is 0. The minimum absolute atomic E-state index is 0.140. The molecule has 0 saturated carbocycles. The van der Waals surface area contributed by atoms with Gasteiger partial charge < -0.3 is 0 Å². The SMILES string of the molecule is CCC(C)N1CCN(Cc2ccc(F)c(C#N)c2)CC1. The Bertz CT molecular complexity index is 487.